The number of carbonyl (C=O) groups is 2. The second-order valence-electron chi connectivity index (χ2n) is 7.79. The first-order valence-corrected chi connectivity index (χ1v) is 9.48. The molecule has 1 heterocycles. The minimum Gasteiger partial charge on any atom is -0.356 e. The van der Waals surface area contributed by atoms with Crippen molar-refractivity contribution >= 4 is 23.4 Å². The highest BCUT2D eigenvalue weighted by Crippen LogP contribution is 2.25. The smallest absolute Gasteiger partial charge is 0.225 e. The van der Waals surface area contributed by atoms with E-state index >= 15 is 0 Å². The Balaban J connectivity index is 1.80. The van der Waals surface area contributed by atoms with Crippen molar-refractivity contribution in [2.45, 2.75) is 58.9 Å². The summed E-state index contributed by atoms with van der Waals surface area (Å²) in [6.45, 7) is 7.03. The molecule has 1 unspecified atom stereocenters. The number of hydrogen-bond acceptors (Lipinski definition) is 2. The van der Waals surface area contributed by atoms with Gasteiger partial charge in [-0.2, -0.15) is 0 Å². The van der Waals surface area contributed by atoms with E-state index in [1.54, 1.807) is 0 Å². The lowest BCUT2D eigenvalue weighted by Crippen LogP contribution is -2.38. The van der Waals surface area contributed by atoms with E-state index in [2.05, 4.69) is 5.32 Å². The van der Waals surface area contributed by atoms with Crippen LogP contribution in [0.3, 0.4) is 0 Å². The van der Waals surface area contributed by atoms with Crippen molar-refractivity contribution in [1.29, 1.82) is 0 Å². The number of rotatable bonds is 6. The van der Waals surface area contributed by atoms with Gasteiger partial charge in [0.2, 0.25) is 11.8 Å². The van der Waals surface area contributed by atoms with Gasteiger partial charge in [-0.3, -0.25) is 9.59 Å². The van der Waals surface area contributed by atoms with Crippen LogP contribution in [0.25, 0.3) is 0 Å². The number of likely N-dealkylation sites (tertiary alicyclic amines) is 1. The summed E-state index contributed by atoms with van der Waals surface area (Å²) in [6, 6.07) is 8.08. The molecule has 0 saturated carbocycles. The van der Waals surface area contributed by atoms with Gasteiger partial charge in [0.1, 0.15) is 0 Å². The summed E-state index contributed by atoms with van der Waals surface area (Å²) in [4.78, 5) is 26.4. The van der Waals surface area contributed by atoms with E-state index in [1.807, 2.05) is 49.9 Å². The van der Waals surface area contributed by atoms with Crippen molar-refractivity contribution in [1.82, 2.24) is 10.2 Å². The first kappa shape index (κ1) is 19.8. The SMILES string of the molecule is CC(C)(C)C(=O)NCCCC(=O)N1CCCC1Cc1ccccc1Cl. The normalized spacial score (nSPS) is 17.6. The zero-order valence-corrected chi connectivity index (χ0v) is 16.2. The molecule has 1 fully saturated rings. The van der Waals surface area contributed by atoms with Crippen LogP contribution in [0.1, 0.15) is 52.0 Å². The third-order valence-electron chi connectivity index (χ3n) is 4.65. The van der Waals surface area contributed by atoms with Gasteiger partial charge in [0.25, 0.3) is 0 Å². The number of hydrogen-bond donors (Lipinski definition) is 1. The molecule has 2 rings (SSSR count). The Hall–Kier alpha value is -1.55. The highest BCUT2D eigenvalue weighted by atomic mass is 35.5. The molecule has 1 aliphatic heterocycles. The Morgan fingerprint density at radius 2 is 2.00 bits per heavy atom. The van der Waals surface area contributed by atoms with Gasteiger partial charge in [0.05, 0.1) is 0 Å². The van der Waals surface area contributed by atoms with Gasteiger partial charge in [-0.15, -0.1) is 0 Å². The summed E-state index contributed by atoms with van der Waals surface area (Å²) >= 11 is 6.26. The van der Waals surface area contributed by atoms with Crippen molar-refractivity contribution in [3.63, 3.8) is 0 Å². The van der Waals surface area contributed by atoms with Gasteiger partial charge in [-0.05, 0) is 37.3 Å². The lowest BCUT2D eigenvalue weighted by molar-refractivity contribution is -0.132. The fraction of sp³-hybridized carbons (Fsp3) is 0.600. The molecule has 0 aliphatic carbocycles. The molecular weight excluding hydrogens is 336 g/mol. The molecule has 1 atom stereocenters. The third-order valence-corrected chi connectivity index (χ3v) is 5.01. The van der Waals surface area contributed by atoms with Crippen LogP contribution in [0.15, 0.2) is 24.3 Å². The molecule has 1 saturated heterocycles. The molecular formula is C20H29ClN2O2. The quantitative estimate of drug-likeness (QED) is 0.780. The number of carbonyl (C=O) groups excluding carboxylic acids is 2. The lowest BCUT2D eigenvalue weighted by atomic mass is 9.96. The molecule has 0 aromatic heterocycles. The zero-order chi connectivity index (χ0) is 18.4. The molecule has 25 heavy (non-hydrogen) atoms. The molecule has 1 aliphatic rings. The van der Waals surface area contributed by atoms with Crippen molar-refractivity contribution in [2.24, 2.45) is 5.41 Å². The van der Waals surface area contributed by atoms with Crippen LogP contribution in [-0.4, -0.2) is 35.8 Å². The lowest BCUT2D eigenvalue weighted by Gasteiger charge is -2.25. The van der Waals surface area contributed by atoms with E-state index in [0.29, 0.717) is 19.4 Å². The molecule has 1 N–H and O–H groups in total. The summed E-state index contributed by atoms with van der Waals surface area (Å²) < 4.78 is 0. The van der Waals surface area contributed by atoms with Crippen LogP contribution in [-0.2, 0) is 16.0 Å². The van der Waals surface area contributed by atoms with Crippen LogP contribution >= 0.6 is 11.6 Å². The maximum atomic E-state index is 12.6. The van der Waals surface area contributed by atoms with Crippen LogP contribution in [0, 0.1) is 5.41 Å². The van der Waals surface area contributed by atoms with Crippen LogP contribution < -0.4 is 5.32 Å². The Bertz CT molecular complexity index is 610. The second kappa shape index (κ2) is 8.70. The summed E-state index contributed by atoms with van der Waals surface area (Å²) in [7, 11) is 0. The molecule has 2 amide bonds. The molecule has 4 nitrogen and oxygen atoms in total. The second-order valence-corrected chi connectivity index (χ2v) is 8.20. The molecule has 1 aromatic rings. The molecule has 0 bridgehead atoms. The van der Waals surface area contributed by atoms with Crippen LogP contribution in [0.2, 0.25) is 5.02 Å². The maximum Gasteiger partial charge on any atom is 0.225 e. The van der Waals surface area contributed by atoms with Gasteiger partial charge in [-0.1, -0.05) is 50.6 Å². The predicted molar refractivity (Wildman–Crippen MR) is 102 cm³/mol. The summed E-state index contributed by atoms with van der Waals surface area (Å²) in [5.74, 6) is 0.206. The maximum absolute atomic E-state index is 12.6. The Kier molecular flexibility index (Phi) is 6.88. The van der Waals surface area contributed by atoms with Crippen molar-refractivity contribution < 1.29 is 9.59 Å². The monoisotopic (exact) mass is 364 g/mol. The number of halogens is 1. The van der Waals surface area contributed by atoms with E-state index in [9.17, 15) is 9.59 Å². The number of nitrogens with one attached hydrogen (secondary N) is 1. The van der Waals surface area contributed by atoms with Crippen molar-refractivity contribution in [3.05, 3.63) is 34.9 Å². The molecule has 0 spiro atoms. The zero-order valence-electron chi connectivity index (χ0n) is 15.5. The minimum absolute atomic E-state index is 0.0257. The summed E-state index contributed by atoms with van der Waals surface area (Å²) in [6.07, 6.45) is 4.03. The van der Waals surface area contributed by atoms with E-state index < -0.39 is 0 Å². The van der Waals surface area contributed by atoms with Gasteiger partial charge in [-0.25, -0.2) is 0 Å². The van der Waals surface area contributed by atoms with Crippen LogP contribution in [0.5, 0.6) is 0 Å². The first-order valence-electron chi connectivity index (χ1n) is 9.10. The molecule has 1 aromatic carbocycles. The summed E-state index contributed by atoms with van der Waals surface area (Å²) in [5, 5.41) is 3.67. The minimum atomic E-state index is -0.390. The number of nitrogens with zero attached hydrogens (tertiary/aromatic N) is 1. The van der Waals surface area contributed by atoms with E-state index in [-0.39, 0.29) is 23.3 Å². The molecule has 138 valence electrons. The number of amides is 2. The molecule has 0 radical (unpaired) electrons. The van der Waals surface area contributed by atoms with Crippen molar-refractivity contribution in [2.75, 3.05) is 13.1 Å². The Labute approximate surface area is 155 Å². The predicted octanol–water partition coefficient (Wildman–Crippen LogP) is 3.82. The topological polar surface area (TPSA) is 49.4 Å². The Morgan fingerprint density at radius 1 is 1.28 bits per heavy atom. The van der Waals surface area contributed by atoms with Crippen LogP contribution in [0.4, 0.5) is 0 Å². The standard InChI is InChI=1S/C20H29ClN2O2/c1-20(2,3)19(25)22-12-6-11-18(24)23-13-7-9-16(23)14-15-8-4-5-10-17(15)21/h4-5,8,10,16H,6-7,9,11-14H2,1-3H3,(H,22,25). The highest BCUT2D eigenvalue weighted by Gasteiger charge is 2.29. The fourth-order valence-electron chi connectivity index (χ4n) is 3.14. The highest BCUT2D eigenvalue weighted by molar-refractivity contribution is 6.31. The fourth-order valence-corrected chi connectivity index (χ4v) is 3.36. The molecule has 5 heteroatoms. The average molecular weight is 365 g/mol. The van der Waals surface area contributed by atoms with Gasteiger partial charge >= 0.3 is 0 Å². The van der Waals surface area contributed by atoms with Gasteiger partial charge < -0.3 is 10.2 Å². The third kappa shape index (κ3) is 5.74. The van der Waals surface area contributed by atoms with Crippen molar-refractivity contribution in [3.8, 4) is 0 Å². The van der Waals surface area contributed by atoms with Gasteiger partial charge in [0.15, 0.2) is 0 Å². The first-order chi connectivity index (χ1) is 11.8. The van der Waals surface area contributed by atoms with E-state index in [4.69, 9.17) is 11.6 Å². The van der Waals surface area contributed by atoms with E-state index in [0.717, 1.165) is 36.4 Å². The largest absolute Gasteiger partial charge is 0.356 e. The average Bonchev–Trinajstić information content (AvgIpc) is 3.00. The Morgan fingerprint density at radius 3 is 2.68 bits per heavy atom. The van der Waals surface area contributed by atoms with E-state index in [1.165, 1.54) is 0 Å². The van der Waals surface area contributed by atoms with Gasteiger partial charge in [0, 0.05) is 36.0 Å². The summed E-state index contributed by atoms with van der Waals surface area (Å²) in [5.41, 5.74) is 0.713. The number of benzene rings is 1.